The van der Waals surface area contributed by atoms with Crippen molar-refractivity contribution in [3.8, 4) is 6.07 Å². The van der Waals surface area contributed by atoms with Gasteiger partial charge in [0.15, 0.2) is 5.13 Å². The first-order valence-electron chi connectivity index (χ1n) is 7.61. The van der Waals surface area contributed by atoms with Gasteiger partial charge >= 0.3 is 0 Å². The zero-order valence-corrected chi connectivity index (χ0v) is 14.2. The molecule has 0 bridgehead atoms. The molecule has 7 heteroatoms. The molecule has 0 spiro atoms. The number of hydrogen-bond donors (Lipinski definition) is 2. The van der Waals surface area contributed by atoms with Gasteiger partial charge in [0.05, 0.1) is 21.8 Å². The predicted octanol–water partition coefficient (Wildman–Crippen LogP) is 3.77. The summed E-state index contributed by atoms with van der Waals surface area (Å²) in [5.74, 6) is -0.346. The van der Waals surface area contributed by atoms with Crippen LogP contribution in [0.4, 0.5) is 10.8 Å². The quantitative estimate of drug-likeness (QED) is 0.749. The Balaban J connectivity index is 1.77. The molecule has 2 amide bonds. The second kappa shape index (κ2) is 7.11. The molecule has 0 atom stereocenters. The molecule has 1 aromatic heterocycles. The predicted molar refractivity (Wildman–Crippen MR) is 97.7 cm³/mol. The minimum Gasteiger partial charge on any atom is -0.322 e. The van der Waals surface area contributed by atoms with E-state index in [1.54, 1.807) is 43.3 Å². The van der Waals surface area contributed by atoms with Crippen molar-refractivity contribution in [2.24, 2.45) is 0 Å². The molecular formula is C18H14N4O2S. The Hall–Kier alpha value is -3.24. The standard InChI is InChI=1S/C18H14N4O2S/c1-2-16(23)22-18-21-14-8-7-13(9-15(14)25-18)20-17(24)12-5-3-11(10-19)4-6-12/h3-9H,2H2,1H3,(H,20,24)(H,21,22,23). The molecular weight excluding hydrogens is 336 g/mol. The molecule has 3 rings (SSSR count). The van der Waals surface area contributed by atoms with Crippen LogP contribution in [0.3, 0.4) is 0 Å². The molecule has 0 saturated heterocycles. The molecule has 1 heterocycles. The van der Waals surface area contributed by atoms with E-state index in [9.17, 15) is 9.59 Å². The highest BCUT2D eigenvalue weighted by atomic mass is 32.1. The lowest BCUT2D eigenvalue weighted by Crippen LogP contribution is -2.11. The normalized spacial score (nSPS) is 10.2. The molecule has 0 unspecified atom stereocenters. The minimum absolute atomic E-state index is 0.0894. The number of benzene rings is 2. The summed E-state index contributed by atoms with van der Waals surface area (Å²) >= 11 is 1.35. The van der Waals surface area contributed by atoms with Gasteiger partial charge in [-0.3, -0.25) is 9.59 Å². The zero-order valence-electron chi connectivity index (χ0n) is 13.4. The van der Waals surface area contributed by atoms with Crippen molar-refractivity contribution in [2.75, 3.05) is 10.6 Å². The fourth-order valence-corrected chi connectivity index (χ4v) is 3.08. The Morgan fingerprint density at radius 3 is 2.60 bits per heavy atom. The number of carbonyl (C=O) groups excluding carboxylic acids is 2. The third-order valence-electron chi connectivity index (χ3n) is 3.49. The molecule has 0 fully saturated rings. The van der Waals surface area contributed by atoms with Crippen LogP contribution >= 0.6 is 11.3 Å². The third kappa shape index (κ3) is 3.82. The van der Waals surface area contributed by atoms with Gasteiger partial charge in [-0.25, -0.2) is 4.98 Å². The number of amides is 2. The highest BCUT2D eigenvalue weighted by Crippen LogP contribution is 2.28. The zero-order chi connectivity index (χ0) is 17.8. The number of fused-ring (bicyclic) bond motifs is 1. The number of aromatic nitrogens is 1. The highest BCUT2D eigenvalue weighted by Gasteiger charge is 2.10. The number of anilines is 2. The van der Waals surface area contributed by atoms with E-state index in [4.69, 9.17) is 5.26 Å². The van der Waals surface area contributed by atoms with Crippen molar-refractivity contribution in [3.63, 3.8) is 0 Å². The summed E-state index contributed by atoms with van der Waals surface area (Å²) in [7, 11) is 0. The molecule has 0 aliphatic heterocycles. The number of rotatable bonds is 4. The topological polar surface area (TPSA) is 94.9 Å². The molecule has 2 N–H and O–H groups in total. The Morgan fingerprint density at radius 2 is 1.92 bits per heavy atom. The average molecular weight is 350 g/mol. The van der Waals surface area contributed by atoms with Crippen LogP contribution < -0.4 is 10.6 Å². The monoisotopic (exact) mass is 350 g/mol. The summed E-state index contributed by atoms with van der Waals surface area (Å²) in [5.41, 5.74) is 2.37. The summed E-state index contributed by atoms with van der Waals surface area (Å²) in [4.78, 5) is 28.1. The number of hydrogen-bond acceptors (Lipinski definition) is 5. The summed E-state index contributed by atoms with van der Waals surface area (Å²) in [6.45, 7) is 1.78. The first kappa shape index (κ1) is 16.6. The van der Waals surface area contributed by atoms with Crippen molar-refractivity contribution in [1.82, 2.24) is 4.98 Å². The van der Waals surface area contributed by atoms with Crippen molar-refractivity contribution >= 4 is 44.2 Å². The average Bonchev–Trinajstić information content (AvgIpc) is 3.03. The maximum atomic E-state index is 12.3. The van der Waals surface area contributed by atoms with Crippen LogP contribution in [0.2, 0.25) is 0 Å². The first-order chi connectivity index (χ1) is 12.1. The van der Waals surface area contributed by atoms with Gasteiger partial charge in [-0.15, -0.1) is 0 Å². The fraction of sp³-hybridized carbons (Fsp3) is 0.111. The molecule has 0 aliphatic carbocycles. The lowest BCUT2D eigenvalue weighted by Gasteiger charge is -2.05. The third-order valence-corrected chi connectivity index (χ3v) is 4.42. The van der Waals surface area contributed by atoms with E-state index in [1.807, 2.05) is 12.1 Å². The summed E-state index contributed by atoms with van der Waals surface area (Å²) < 4.78 is 0.865. The smallest absolute Gasteiger partial charge is 0.255 e. The maximum absolute atomic E-state index is 12.3. The molecule has 124 valence electrons. The number of nitrogens with one attached hydrogen (secondary N) is 2. The van der Waals surface area contributed by atoms with E-state index in [0.29, 0.717) is 28.4 Å². The first-order valence-corrected chi connectivity index (χ1v) is 8.42. The van der Waals surface area contributed by atoms with Crippen LogP contribution in [0, 0.1) is 11.3 Å². The Morgan fingerprint density at radius 1 is 1.16 bits per heavy atom. The van der Waals surface area contributed by atoms with Crippen LogP contribution in [0.25, 0.3) is 10.2 Å². The van der Waals surface area contributed by atoms with Crippen molar-refractivity contribution in [1.29, 1.82) is 5.26 Å². The molecule has 2 aromatic carbocycles. The number of carbonyl (C=O) groups is 2. The van der Waals surface area contributed by atoms with Crippen molar-refractivity contribution in [2.45, 2.75) is 13.3 Å². The minimum atomic E-state index is -0.257. The van der Waals surface area contributed by atoms with E-state index in [1.165, 1.54) is 11.3 Å². The largest absolute Gasteiger partial charge is 0.322 e. The van der Waals surface area contributed by atoms with Crippen molar-refractivity contribution < 1.29 is 9.59 Å². The molecule has 0 saturated carbocycles. The summed E-state index contributed by atoms with van der Waals surface area (Å²) in [6.07, 6.45) is 0.391. The lowest BCUT2D eigenvalue weighted by atomic mass is 10.1. The Kier molecular flexibility index (Phi) is 4.73. The van der Waals surface area contributed by atoms with Gasteiger partial charge in [-0.05, 0) is 42.5 Å². The van der Waals surface area contributed by atoms with Crippen LogP contribution in [-0.2, 0) is 4.79 Å². The molecule has 0 aliphatic rings. The van der Waals surface area contributed by atoms with E-state index in [2.05, 4.69) is 15.6 Å². The SMILES string of the molecule is CCC(=O)Nc1nc2ccc(NC(=O)c3ccc(C#N)cc3)cc2s1. The second-order valence-corrected chi connectivity index (χ2v) is 6.28. The Bertz CT molecular complexity index is 986. The van der Waals surface area contributed by atoms with Crippen LogP contribution in [0.5, 0.6) is 0 Å². The molecule has 3 aromatic rings. The number of nitriles is 1. The van der Waals surface area contributed by atoms with Crippen LogP contribution in [0.15, 0.2) is 42.5 Å². The molecule has 6 nitrogen and oxygen atoms in total. The van der Waals surface area contributed by atoms with Gasteiger partial charge in [0.1, 0.15) is 0 Å². The van der Waals surface area contributed by atoms with Gasteiger partial charge in [-0.2, -0.15) is 5.26 Å². The summed E-state index contributed by atoms with van der Waals surface area (Å²) in [6, 6.07) is 13.8. The molecule has 25 heavy (non-hydrogen) atoms. The van der Waals surface area contributed by atoms with Crippen LogP contribution in [0.1, 0.15) is 29.3 Å². The van der Waals surface area contributed by atoms with Crippen molar-refractivity contribution in [3.05, 3.63) is 53.6 Å². The van der Waals surface area contributed by atoms with E-state index < -0.39 is 0 Å². The summed E-state index contributed by atoms with van der Waals surface area (Å²) in [5, 5.41) is 14.9. The highest BCUT2D eigenvalue weighted by molar-refractivity contribution is 7.22. The lowest BCUT2D eigenvalue weighted by molar-refractivity contribution is -0.115. The van der Waals surface area contributed by atoms with Gasteiger partial charge in [0.2, 0.25) is 5.91 Å². The van der Waals surface area contributed by atoms with Gasteiger partial charge in [0, 0.05) is 17.7 Å². The number of nitrogens with zero attached hydrogens (tertiary/aromatic N) is 2. The van der Waals surface area contributed by atoms with Crippen LogP contribution in [-0.4, -0.2) is 16.8 Å². The Labute approximate surface area is 148 Å². The van der Waals surface area contributed by atoms with Gasteiger partial charge < -0.3 is 10.6 Å². The van der Waals surface area contributed by atoms with Gasteiger partial charge in [0.25, 0.3) is 5.91 Å². The van der Waals surface area contributed by atoms with E-state index in [0.717, 1.165) is 10.2 Å². The van der Waals surface area contributed by atoms with E-state index in [-0.39, 0.29) is 11.8 Å². The van der Waals surface area contributed by atoms with E-state index >= 15 is 0 Å². The second-order valence-electron chi connectivity index (χ2n) is 5.25. The molecule has 0 radical (unpaired) electrons. The van der Waals surface area contributed by atoms with Gasteiger partial charge in [-0.1, -0.05) is 18.3 Å². The maximum Gasteiger partial charge on any atom is 0.255 e. The fourth-order valence-electron chi connectivity index (χ4n) is 2.16. The number of thiazole rings is 1.